The van der Waals surface area contributed by atoms with Crippen molar-refractivity contribution in [2.24, 2.45) is 5.73 Å². The number of halogens is 2. The molecule has 0 amide bonds. The zero-order valence-corrected chi connectivity index (χ0v) is 10.6. The van der Waals surface area contributed by atoms with Crippen molar-refractivity contribution in [2.75, 3.05) is 13.1 Å². The largest absolute Gasteiger partial charge is 0.329 e. The Balaban J connectivity index is 2.74. The standard InChI is InChI=1S/C12H16BrFN2/c1-2-3-6-16-12(8-15)10-5-4-9(13)7-11(10)14/h2,4-5,7,12,16H,1,3,6,8,15H2. The number of nitrogens with one attached hydrogen (secondary N) is 1. The van der Waals surface area contributed by atoms with Gasteiger partial charge in [0.15, 0.2) is 0 Å². The third-order valence-electron chi connectivity index (χ3n) is 2.31. The molecule has 1 rings (SSSR count). The second-order valence-electron chi connectivity index (χ2n) is 3.49. The number of hydrogen-bond donors (Lipinski definition) is 2. The molecule has 0 aromatic heterocycles. The van der Waals surface area contributed by atoms with E-state index < -0.39 is 0 Å². The molecule has 1 unspecified atom stereocenters. The van der Waals surface area contributed by atoms with Crippen LogP contribution in [0, 0.1) is 5.82 Å². The fourth-order valence-corrected chi connectivity index (χ4v) is 1.80. The first-order chi connectivity index (χ1) is 7.69. The highest BCUT2D eigenvalue weighted by molar-refractivity contribution is 9.10. The van der Waals surface area contributed by atoms with Crippen molar-refractivity contribution < 1.29 is 4.39 Å². The molecule has 0 saturated heterocycles. The summed E-state index contributed by atoms with van der Waals surface area (Å²) in [6.07, 6.45) is 2.66. The minimum absolute atomic E-state index is 0.145. The molecule has 2 nitrogen and oxygen atoms in total. The summed E-state index contributed by atoms with van der Waals surface area (Å²) in [4.78, 5) is 0. The van der Waals surface area contributed by atoms with Gasteiger partial charge < -0.3 is 11.1 Å². The van der Waals surface area contributed by atoms with E-state index in [2.05, 4.69) is 27.8 Å². The number of rotatable bonds is 6. The lowest BCUT2D eigenvalue weighted by Gasteiger charge is -2.17. The van der Waals surface area contributed by atoms with Crippen molar-refractivity contribution in [2.45, 2.75) is 12.5 Å². The maximum atomic E-state index is 13.7. The summed E-state index contributed by atoms with van der Waals surface area (Å²) in [5.74, 6) is -0.240. The highest BCUT2D eigenvalue weighted by Crippen LogP contribution is 2.20. The normalized spacial score (nSPS) is 12.4. The lowest BCUT2D eigenvalue weighted by atomic mass is 10.1. The van der Waals surface area contributed by atoms with Crippen LogP contribution in [0.2, 0.25) is 0 Å². The SMILES string of the molecule is C=CCCNC(CN)c1ccc(Br)cc1F. The summed E-state index contributed by atoms with van der Waals surface area (Å²) in [5, 5.41) is 3.20. The van der Waals surface area contributed by atoms with E-state index in [1.165, 1.54) is 6.07 Å². The fraction of sp³-hybridized carbons (Fsp3) is 0.333. The van der Waals surface area contributed by atoms with Crippen LogP contribution in [0.5, 0.6) is 0 Å². The molecule has 0 spiro atoms. The van der Waals surface area contributed by atoms with Crippen molar-refractivity contribution >= 4 is 15.9 Å². The van der Waals surface area contributed by atoms with Crippen LogP contribution in [0.4, 0.5) is 4.39 Å². The number of nitrogens with two attached hydrogens (primary N) is 1. The number of benzene rings is 1. The van der Waals surface area contributed by atoms with Gasteiger partial charge in [-0.3, -0.25) is 0 Å². The second-order valence-corrected chi connectivity index (χ2v) is 4.40. The van der Waals surface area contributed by atoms with Crippen LogP contribution in [0.25, 0.3) is 0 Å². The predicted molar refractivity (Wildman–Crippen MR) is 68.7 cm³/mol. The lowest BCUT2D eigenvalue weighted by molar-refractivity contribution is 0.510. The van der Waals surface area contributed by atoms with Gasteiger partial charge in [0.25, 0.3) is 0 Å². The zero-order chi connectivity index (χ0) is 12.0. The molecule has 1 aromatic carbocycles. The van der Waals surface area contributed by atoms with E-state index in [1.54, 1.807) is 6.07 Å². The molecular weight excluding hydrogens is 271 g/mol. The summed E-state index contributed by atoms with van der Waals surface area (Å²) in [6.45, 7) is 4.76. The van der Waals surface area contributed by atoms with Crippen molar-refractivity contribution in [3.05, 3.63) is 46.7 Å². The van der Waals surface area contributed by atoms with Crippen LogP contribution in [-0.4, -0.2) is 13.1 Å². The first-order valence-corrected chi connectivity index (χ1v) is 5.97. The van der Waals surface area contributed by atoms with Crippen molar-refractivity contribution in [1.29, 1.82) is 0 Å². The summed E-state index contributed by atoms with van der Waals surface area (Å²) < 4.78 is 14.4. The van der Waals surface area contributed by atoms with Gasteiger partial charge in [0.05, 0.1) is 0 Å². The monoisotopic (exact) mass is 286 g/mol. The Morgan fingerprint density at radius 3 is 2.88 bits per heavy atom. The van der Waals surface area contributed by atoms with Gasteiger partial charge in [-0.05, 0) is 25.1 Å². The van der Waals surface area contributed by atoms with E-state index >= 15 is 0 Å². The molecule has 3 N–H and O–H groups in total. The Bertz CT molecular complexity index is 355. The fourth-order valence-electron chi connectivity index (χ4n) is 1.46. The molecule has 0 aliphatic heterocycles. The van der Waals surface area contributed by atoms with E-state index in [0.29, 0.717) is 12.1 Å². The van der Waals surface area contributed by atoms with E-state index in [4.69, 9.17) is 5.73 Å². The van der Waals surface area contributed by atoms with Crippen LogP contribution in [0.1, 0.15) is 18.0 Å². The summed E-state index contributed by atoms with van der Waals surface area (Å²) in [5.41, 5.74) is 6.23. The van der Waals surface area contributed by atoms with Crippen LogP contribution >= 0.6 is 15.9 Å². The maximum absolute atomic E-state index is 13.7. The van der Waals surface area contributed by atoms with Gasteiger partial charge in [-0.1, -0.05) is 28.1 Å². The Kier molecular flexibility index (Phi) is 5.66. The Morgan fingerprint density at radius 1 is 1.56 bits per heavy atom. The van der Waals surface area contributed by atoms with E-state index in [-0.39, 0.29) is 11.9 Å². The van der Waals surface area contributed by atoms with Crippen LogP contribution in [-0.2, 0) is 0 Å². The average Bonchev–Trinajstić information content (AvgIpc) is 2.26. The molecule has 1 aromatic rings. The topological polar surface area (TPSA) is 38.0 Å². The number of hydrogen-bond acceptors (Lipinski definition) is 2. The van der Waals surface area contributed by atoms with E-state index in [0.717, 1.165) is 17.4 Å². The Labute approximate surface area is 104 Å². The molecule has 88 valence electrons. The Hall–Kier alpha value is -0.710. The highest BCUT2D eigenvalue weighted by Gasteiger charge is 2.13. The van der Waals surface area contributed by atoms with Gasteiger partial charge in [0.2, 0.25) is 0 Å². The van der Waals surface area contributed by atoms with E-state index in [9.17, 15) is 4.39 Å². The van der Waals surface area contributed by atoms with Gasteiger partial charge in [-0.2, -0.15) is 0 Å². The first kappa shape index (κ1) is 13.4. The van der Waals surface area contributed by atoms with Crippen molar-refractivity contribution in [3.63, 3.8) is 0 Å². The highest BCUT2D eigenvalue weighted by atomic mass is 79.9. The molecule has 1 atom stereocenters. The molecule has 4 heteroatoms. The molecule has 0 fully saturated rings. The molecule has 0 radical (unpaired) electrons. The average molecular weight is 287 g/mol. The van der Waals surface area contributed by atoms with Crippen LogP contribution in [0.3, 0.4) is 0 Å². The second kappa shape index (κ2) is 6.78. The predicted octanol–water partition coefficient (Wildman–Crippen LogP) is 2.75. The minimum Gasteiger partial charge on any atom is -0.329 e. The molecular formula is C12H16BrFN2. The summed E-state index contributed by atoms with van der Waals surface area (Å²) in [6, 6.07) is 4.87. The van der Waals surface area contributed by atoms with Crippen molar-refractivity contribution in [1.82, 2.24) is 5.32 Å². The van der Waals surface area contributed by atoms with Crippen molar-refractivity contribution in [3.8, 4) is 0 Å². The van der Waals surface area contributed by atoms with Gasteiger partial charge in [0, 0.05) is 22.6 Å². The molecule has 0 saturated carbocycles. The van der Waals surface area contributed by atoms with Crippen LogP contribution in [0.15, 0.2) is 35.3 Å². The first-order valence-electron chi connectivity index (χ1n) is 5.18. The quantitative estimate of drug-likeness (QED) is 0.623. The zero-order valence-electron chi connectivity index (χ0n) is 9.05. The molecule has 16 heavy (non-hydrogen) atoms. The lowest BCUT2D eigenvalue weighted by Crippen LogP contribution is -2.29. The minimum atomic E-state index is -0.240. The molecule has 0 aliphatic rings. The van der Waals surface area contributed by atoms with Crippen LogP contribution < -0.4 is 11.1 Å². The van der Waals surface area contributed by atoms with E-state index in [1.807, 2.05) is 12.1 Å². The van der Waals surface area contributed by atoms with Gasteiger partial charge in [-0.15, -0.1) is 6.58 Å². The smallest absolute Gasteiger partial charge is 0.129 e. The summed E-state index contributed by atoms with van der Waals surface area (Å²) >= 11 is 3.23. The maximum Gasteiger partial charge on any atom is 0.129 e. The van der Waals surface area contributed by atoms with Gasteiger partial charge in [-0.25, -0.2) is 4.39 Å². The van der Waals surface area contributed by atoms with Gasteiger partial charge in [0.1, 0.15) is 5.82 Å². The third-order valence-corrected chi connectivity index (χ3v) is 2.81. The Morgan fingerprint density at radius 2 is 2.31 bits per heavy atom. The van der Waals surface area contributed by atoms with Gasteiger partial charge >= 0.3 is 0 Å². The molecule has 0 bridgehead atoms. The summed E-state index contributed by atoms with van der Waals surface area (Å²) in [7, 11) is 0. The third kappa shape index (κ3) is 3.70. The molecule has 0 aliphatic carbocycles. The molecule has 0 heterocycles.